The fraction of sp³-hybridized carbons (Fsp3) is 0.918. The van der Waals surface area contributed by atoms with Crippen LogP contribution in [0.5, 0.6) is 0 Å². The Labute approximate surface area is 673 Å². The Morgan fingerprint density at radius 1 is 0.406 bits per heavy atom. The topological polar surface area (TPSA) is 127 Å². The van der Waals surface area contributed by atoms with Gasteiger partial charge in [-0.25, -0.2) is 0 Å². The average molecular weight is 1500 g/mol. The number of halogens is 1. The number of fused-ring (bicyclic) bond motifs is 15. The van der Waals surface area contributed by atoms with Crippen LogP contribution in [0.25, 0.3) is 0 Å². The Bertz CT molecular complexity index is 2720. The maximum absolute atomic E-state index is 10.9. The van der Waals surface area contributed by atoms with Crippen LogP contribution < -0.4 is 12.4 Å². The first-order valence-corrected chi connectivity index (χ1v) is 45.9. The molecule has 1 saturated heterocycles. The molecule has 0 radical (unpaired) electrons. The van der Waals surface area contributed by atoms with Gasteiger partial charge in [0.25, 0.3) is 0 Å². The summed E-state index contributed by atoms with van der Waals surface area (Å²) < 4.78 is 4.94. The van der Waals surface area contributed by atoms with Gasteiger partial charge in [0.05, 0.1) is 29.0 Å². The Hall–Kier alpha value is -0.294. The molecule has 12 saturated carbocycles. The third kappa shape index (κ3) is 18.9. The molecular weight excluding hydrogens is 1340 g/mol. The van der Waals surface area contributed by atoms with Crippen LogP contribution in [0.1, 0.15) is 385 Å². The van der Waals surface area contributed by atoms with Gasteiger partial charge < -0.3 is 53.9 Å². The second kappa shape index (κ2) is 36.9. The molecule has 16 rings (SSSR count). The number of aliphatic hydroxyl groups excluding tert-OH is 2. The van der Waals surface area contributed by atoms with Crippen molar-refractivity contribution >= 4 is 29.3 Å². The summed E-state index contributed by atoms with van der Waals surface area (Å²) in [5.41, 5.74) is 5.74. The van der Waals surface area contributed by atoms with Gasteiger partial charge >= 0.3 is 23.1 Å². The summed E-state index contributed by atoms with van der Waals surface area (Å²) in [7, 11) is 0. The van der Waals surface area contributed by atoms with Crippen LogP contribution in [-0.4, -0.2) is 97.1 Å². The second-order valence-electron chi connectivity index (χ2n) is 43.0. The van der Waals surface area contributed by atoms with Gasteiger partial charge in [0.1, 0.15) is 6.29 Å². The van der Waals surface area contributed by atoms with Gasteiger partial charge in [0, 0.05) is 19.6 Å². The van der Waals surface area contributed by atoms with Crippen LogP contribution in [0.15, 0.2) is 34.9 Å². The zero-order valence-electron chi connectivity index (χ0n) is 70.6. The normalized spacial score (nSPS) is 45.0. The van der Waals surface area contributed by atoms with Crippen LogP contribution in [0, 0.1) is 140 Å². The maximum atomic E-state index is 10.9. The molecule has 0 unspecified atom stereocenters. The van der Waals surface area contributed by atoms with Crippen LogP contribution in [0.4, 0.5) is 0 Å². The Morgan fingerprint density at radius 2 is 0.726 bits per heavy atom. The molecule has 1 heterocycles. The molecule has 0 aromatic heterocycles. The van der Waals surface area contributed by atoms with E-state index in [9.17, 15) is 30.3 Å². The largest absolute Gasteiger partial charge is 2.00 e. The number of rotatable bonds is 14. The molecule has 7 nitrogen and oxygen atoms in total. The fourth-order valence-corrected chi connectivity index (χ4v) is 30.1. The van der Waals surface area contributed by atoms with Crippen molar-refractivity contribution in [1.82, 2.24) is 0 Å². The van der Waals surface area contributed by atoms with E-state index in [4.69, 9.17) is 4.74 Å². The van der Waals surface area contributed by atoms with Gasteiger partial charge in [0.15, 0.2) is 0 Å². The number of ether oxygens (including phenoxy) is 1. The van der Waals surface area contributed by atoms with E-state index in [2.05, 4.69) is 87.0 Å². The van der Waals surface area contributed by atoms with Gasteiger partial charge in [-0.2, -0.15) is 12.8 Å². The monoisotopic (exact) mass is 1500 g/mol. The van der Waals surface area contributed by atoms with E-state index in [-0.39, 0.29) is 47.7 Å². The first-order chi connectivity index (χ1) is 49.5. The molecule has 15 aliphatic carbocycles. The molecule has 602 valence electrons. The third-order valence-corrected chi connectivity index (χ3v) is 36.5. The summed E-state index contributed by atoms with van der Waals surface area (Å²) in [5.74, 6) is 13.4. The van der Waals surface area contributed by atoms with Gasteiger partial charge in [-0.15, -0.1) is 0 Å². The minimum atomic E-state index is -0.492. The minimum absolute atomic E-state index is 0. The summed E-state index contributed by atoms with van der Waals surface area (Å²) in [5, 5.41) is 53.8. The van der Waals surface area contributed by atoms with Gasteiger partial charge in [-0.3, -0.25) is 0 Å². The molecular formula is C97H163ClMgO7. The summed E-state index contributed by atoms with van der Waals surface area (Å²) in [6.45, 7) is 31.1. The van der Waals surface area contributed by atoms with Crippen molar-refractivity contribution in [3.63, 3.8) is 0 Å². The van der Waals surface area contributed by atoms with Crippen molar-refractivity contribution in [2.75, 3.05) is 13.2 Å². The van der Waals surface area contributed by atoms with Crippen LogP contribution in [-0.2, 0) is 9.53 Å². The number of allylic oxidation sites excluding steroid dienone is 3. The van der Waals surface area contributed by atoms with E-state index >= 15 is 0 Å². The molecule has 0 spiro atoms. The van der Waals surface area contributed by atoms with Crippen LogP contribution >= 0.6 is 0 Å². The number of carbonyl (C=O) groups excluding carboxylic acids is 1. The summed E-state index contributed by atoms with van der Waals surface area (Å²) >= 11 is 0. The standard InChI is InChI=1S/2C31H52O2.C25H40O2.C6H11.C4H8O.ClH.Mg/c2*1-21(10-15-28(32)22-8-6-5-7-9-22)25-13-14-26-24-12-11-23-20-29(2,33)18-19-30(23,3)27(24)16-17-31(25,26)4;1-17(6-5-15-26)20-9-10-21-19-8-7-18-16-23(2,27)13-14-24(18,3)22(19)11-12-25(20,21)4;1-2-4-6-5-3-1;1-2-4-5-3-1;;/h2*11,21-22,24-28,32-33H,5-10,12-20H2,1-4H3;7,15,17,19-22,27H,5-6,8-14,16H2,1-4H3;1H,2-6H2;1-4H2;1H;/q;;;-1;;;+2/p-1/t21-,24+,25-,26+,27+,28+,29+,30+,31-;21-,24+,25-,26+,27+,28-,29+,30+,31-;17-,19+,20-,21+,22+,23+,24+,25-;;;;/m111..../s1. The van der Waals surface area contributed by atoms with Crippen molar-refractivity contribution in [3.8, 4) is 0 Å². The molecule has 26 atom stereocenters. The summed E-state index contributed by atoms with van der Waals surface area (Å²) in [6, 6.07) is 0. The number of hydrogen-bond donors (Lipinski definition) is 5. The van der Waals surface area contributed by atoms with Crippen molar-refractivity contribution in [2.24, 2.45) is 133 Å². The zero-order chi connectivity index (χ0) is 74.1. The van der Waals surface area contributed by atoms with Gasteiger partial charge in [0.2, 0.25) is 0 Å². The Morgan fingerprint density at radius 3 is 1.01 bits per heavy atom. The third-order valence-electron chi connectivity index (χ3n) is 36.5. The van der Waals surface area contributed by atoms with E-state index in [1.54, 1.807) is 16.7 Å². The number of carbonyl (C=O) groups is 1. The van der Waals surface area contributed by atoms with Gasteiger partial charge in [-0.05, 0) is 379 Å². The smallest absolute Gasteiger partial charge is 1.00 e. The van der Waals surface area contributed by atoms with Crippen molar-refractivity contribution in [2.45, 2.75) is 414 Å². The van der Waals surface area contributed by atoms with E-state index in [0.717, 1.165) is 173 Å². The molecule has 0 aromatic carbocycles. The molecule has 0 amide bonds. The molecule has 0 bridgehead atoms. The first-order valence-electron chi connectivity index (χ1n) is 45.9. The number of hydrogen-bond acceptors (Lipinski definition) is 7. The van der Waals surface area contributed by atoms with Crippen LogP contribution in [0.3, 0.4) is 0 Å². The maximum Gasteiger partial charge on any atom is 2.00 e. The molecule has 0 aromatic rings. The Kier molecular flexibility index (Phi) is 30.7. The fourth-order valence-electron chi connectivity index (χ4n) is 30.1. The minimum Gasteiger partial charge on any atom is -1.00 e. The van der Waals surface area contributed by atoms with Crippen LogP contribution in [0.2, 0.25) is 0 Å². The predicted molar refractivity (Wildman–Crippen MR) is 437 cm³/mol. The van der Waals surface area contributed by atoms with E-state index in [0.29, 0.717) is 50.2 Å². The molecule has 5 N–H and O–H groups in total. The van der Waals surface area contributed by atoms with E-state index < -0.39 is 16.8 Å². The second-order valence-corrected chi connectivity index (χ2v) is 43.0. The number of aldehydes is 1. The SMILES string of the molecule is C1CCOC1.C[C@H](CCC=O)[C@H]1CC[C@H]2[C@@H]3CC=C4C[C@@](C)(O)CC[C@]4(C)[C@H]3CC[C@]12C.C[C@H](CC[C@@H](O)C1CCCCC1)[C@H]1CC[C@H]2[C@@H]3CC=C4C[C@@](C)(O)CC[C@]4(C)[C@H]3CC[C@]12C.C[C@H](CC[C@H](O)C1CCCCC1)[C@H]1CC[C@H]2[C@@H]3CC=C4C[C@@](C)(O)CC[C@]4(C)[C@H]3CC[C@]12C.[CH-]1CCCCC1.[Cl-].[Mg+2]. The first kappa shape index (κ1) is 88.1. The zero-order valence-corrected chi connectivity index (χ0v) is 72.8. The molecule has 16 aliphatic rings. The molecule has 9 heteroatoms. The van der Waals surface area contributed by atoms with Crippen molar-refractivity contribution in [1.29, 1.82) is 0 Å². The molecule has 106 heavy (non-hydrogen) atoms. The van der Waals surface area contributed by atoms with Crippen molar-refractivity contribution in [3.05, 3.63) is 41.4 Å². The summed E-state index contributed by atoms with van der Waals surface area (Å²) in [4.78, 5) is 10.9. The number of aliphatic hydroxyl groups is 5. The summed E-state index contributed by atoms with van der Waals surface area (Å²) in [6.07, 6.45) is 69.7. The quantitative estimate of drug-likeness (QED) is 0.0507. The average Bonchev–Trinajstić information content (AvgIpc) is 1.40. The van der Waals surface area contributed by atoms with Gasteiger partial charge in [-0.1, -0.05) is 155 Å². The van der Waals surface area contributed by atoms with Crippen molar-refractivity contribution < 1.29 is 47.5 Å². The Balaban J connectivity index is 0.000000157. The van der Waals surface area contributed by atoms with E-state index in [1.165, 1.54) is 231 Å². The predicted octanol–water partition coefficient (Wildman–Crippen LogP) is 20.9. The van der Waals surface area contributed by atoms with E-state index in [1.807, 2.05) is 20.8 Å². The molecule has 1 aliphatic heterocycles. The molecule has 13 fully saturated rings.